The maximum Gasteiger partial charge on any atom is 0.230 e. The molecule has 0 aliphatic rings. The van der Waals surface area contributed by atoms with Gasteiger partial charge in [0, 0.05) is 21.0 Å². The first-order valence-corrected chi connectivity index (χ1v) is 7.13. The van der Waals surface area contributed by atoms with Gasteiger partial charge < -0.3 is 5.73 Å². The SMILES string of the molecule is N=C(N)Nc1nc(-c2ccc(Cl)cc2)c2cc(Cl)ccc2n1. The minimum absolute atomic E-state index is 0.227. The minimum atomic E-state index is -0.227. The molecule has 1 aromatic heterocycles. The molecule has 0 amide bonds. The zero-order valence-electron chi connectivity index (χ0n) is 11.3. The van der Waals surface area contributed by atoms with Crippen LogP contribution in [-0.2, 0) is 0 Å². The normalized spacial score (nSPS) is 10.6. The summed E-state index contributed by atoms with van der Waals surface area (Å²) in [6.45, 7) is 0. The van der Waals surface area contributed by atoms with E-state index in [9.17, 15) is 0 Å². The molecule has 22 heavy (non-hydrogen) atoms. The predicted octanol–water partition coefficient (Wildman–Crippen LogP) is 3.91. The van der Waals surface area contributed by atoms with Crippen molar-refractivity contribution in [2.75, 3.05) is 5.32 Å². The average molecular weight is 332 g/mol. The first kappa shape index (κ1) is 14.6. The lowest BCUT2D eigenvalue weighted by Crippen LogP contribution is -2.22. The van der Waals surface area contributed by atoms with E-state index >= 15 is 0 Å². The Balaban J connectivity index is 2.26. The van der Waals surface area contributed by atoms with Crippen molar-refractivity contribution in [1.29, 1.82) is 5.41 Å². The van der Waals surface area contributed by atoms with Crippen molar-refractivity contribution in [1.82, 2.24) is 9.97 Å². The Morgan fingerprint density at radius 2 is 1.68 bits per heavy atom. The van der Waals surface area contributed by atoms with Gasteiger partial charge in [-0.3, -0.25) is 10.7 Å². The fourth-order valence-electron chi connectivity index (χ4n) is 2.10. The van der Waals surface area contributed by atoms with E-state index in [0.29, 0.717) is 21.3 Å². The number of anilines is 1. The molecule has 0 saturated heterocycles. The van der Waals surface area contributed by atoms with Gasteiger partial charge in [0.1, 0.15) is 0 Å². The van der Waals surface area contributed by atoms with Gasteiger partial charge in [-0.25, -0.2) is 9.97 Å². The molecule has 0 radical (unpaired) electrons. The number of nitrogens with one attached hydrogen (secondary N) is 2. The Morgan fingerprint density at radius 3 is 2.36 bits per heavy atom. The van der Waals surface area contributed by atoms with Gasteiger partial charge in [-0.15, -0.1) is 0 Å². The van der Waals surface area contributed by atoms with E-state index in [1.54, 1.807) is 30.3 Å². The van der Waals surface area contributed by atoms with Gasteiger partial charge in [-0.05, 0) is 30.3 Å². The summed E-state index contributed by atoms with van der Waals surface area (Å²) in [5.41, 5.74) is 7.61. The summed E-state index contributed by atoms with van der Waals surface area (Å²) >= 11 is 12.0. The highest BCUT2D eigenvalue weighted by Gasteiger charge is 2.11. The molecule has 3 aromatic rings. The second-order valence-corrected chi connectivity index (χ2v) is 5.48. The third-order valence-corrected chi connectivity index (χ3v) is 3.51. The molecule has 5 nitrogen and oxygen atoms in total. The summed E-state index contributed by atoms with van der Waals surface area (Å²) < 4.78 is 0. The van der Waals surface area contributed by atoms with E-state index in [4.69, 9.17) is 34.3 Å². The average Bonchev–Trinajstić information content (AvgIpc) is 2.47. The molecule has 0 fully saturated rings. The van der Waals surface area contributed by atoms with E-state index < -0.39 is 0 Å². The predicted molar refractivity (Wildman–Crippen MR) is 90.5 cm³/mol. The third kappa shape index (κ3) is 2.95. The van der Waals surface area contributed by atoms with Crippen LogP contribution in [0.4, 0.5) is 5.95 Å². The number of nitrogens with zero attached hydrogens (tertiary/aromatic N) is 2. The molecule has 0 spiro atoms. The van der Waals surface area contributed by atoms with Crippen LogP contribution >= 0.6 is 23.2 Å². The largest absolute Gasteiger partial charge is 0.370 e. The molecule has 1 heterocycles. The van der Waals surface area contributed by atoms with Crippen molar-refractivity contribution in [3.05, 3.63) is 52.5 Å². The van der Waals surface area contributed by atoms with E-state index in [-0.39, 0.29) is 11.9 Å². The molecule has 110 valence electrons. The molecule has 0 unspecified atom stereocenters. The van der Waals surface area contributed by atoms with Gasteiger partial charge in [-0.1, -0.05) is 35.3 Å². The lowest BCUT2D eigenvalue weighted by atomic mass is 10.1. The Morgan fingerprint density at radius 1 is 1.00 bits per heavy atom. The highest BCUT2D eigenvalue weighted by Crippen LogP contribution is 2.30. The van der Waals surface area contributed by atoms with Gasteiger partial charge in [0.25, 0.3) is 0 Å². The minimum Gasteiger partial charge on any atom is -0.370 e. The molecule has 7 heteroatoms. The Bertz CT molecular complexity index is 862. The number of aromatic nitrogens is 2. The number of hydrogen-bond donors (Lipinski definition) is 3. The molecule has 3 rings (SSSR count). The van der Waals surface area contributed by atoms with Crippen molar-refractivity contribution in [2.45, 2.75) is 0 Å². The number of guanidine groups is 1. The maximum absolute atomic E-state index is 7.33. The van der Waals surface area contributed by atoms with Gasteiger partial charge in [0.15, 0.2) is 5.96 Å². The summed E-state index contributed by atoms with van der Waals surface area (Å²) in [5, 5.41) is 12.0. The summed E-state index contributed by atoms with van der Waals surface area (Å²) in [6.07, 6.45) is 0. The number of benzene rings is 2. The van der Waals surface area contributed by atoms with E-state index in [1.165, 1.54) is 0 Å². The van der Waals surface area contributed by atoms with Gasteiger partial charge >= 0.3 is 0 Å². The fourth-order valence-corrected chi connectivity index (χ4v) is 2.40. The zero-order valence-corrected chi connectivity index (χ0v) is 12.8. The molecular formula is C15H11Cl2N5. The number of fused-ring (bicyclic) bond motifs is 1. The van der Waals surface area contributed by atoms with E-state index in [1.807, 2.05) is 12.1 Å². The van der Waals surface area contributed by atoms with Crippen LogP contribution in [0, 0.1) is 5.41 Å². The van der Waals surface area contributed by atoms with Crippen LogP contribution in [0.15, 0.2) is 42.5 Å². The van der Waals surface area contributed by atoms with Crippen molar-refractivity contribution in [2.24, 2.45) is 5.73 Å². The van der Waals surface area contributed by atoms with Crippen molar-refractivity contribution < 1.29 is 0 Å². The molecule has 0 atom stereocenters. The smallest absolute Gasteiger partial charge is 0.230 e. The van der Waals surface area contributed by atoms with Gasteiger partial charge in [0.05, 0.1) is 11.2 Å². The Kier molecular flexibility index (Phi) is 3.83. The summed E-state index contributed by atoms with van der Waals surface area (Å²) in [6, 6.07) is 12.6. The topological polar surface area (TPSA) is 87.7 Å². The first-order valence-electron chi connectivity index (χ1n) is 6.37. The number of nitrogens with two attached hydrogens (primary N) is 1. The molecular weight excluding hydrogens is 321 g/mol. The molecule has 2 aromatic carbocycles. The van der Waals surface area contributed by atoms with Crippen LogP contribution in [0.25, 0.3) is 22.2 Å². The van der Waals surface area contributed by atoms with Crippen LogP contribution in [-0.4, -0.2) is 15.9 Å². The van der Waals surface area contributed by atoms with Crippen molar-refractivity contribution in [3.8, 4) is 11.3 Å². The van der Waals surface area contributed by atoms with Crippen molar-refractivity contribution in [3.63, 3.8) is 0 Å². The van der Waals surface area contributed by atoms with Crippen LogP contribution in [0.3, 0.4) is 0 Å². The second-order valence-electron chi connectivity index (χ2n) is 4.60. The third-order valence-electron chi connectivity index (χ3n) is 3.02. The van der Waals surface area contributed by atoms with Crippen LogP contribution < -0.4 is 11.1 Å². The second kappa shape index (κ2) is 5.79. The molecule has 0 aliphatic heterocycles. The van der Waals surface area contributed by atoms with Crippen LogP contribution in [0.5, 0.6) is 0 Å². The van der Waals surface area contributed by atoms with Gasteiger partial charge in [-0.2, -0.15) is 0 Å². The van der Waals surface area contributed by atoms with Gasteiger partial charge in [0.2, 0.25) is 5.95 Å². The lowest BCUT2D eigenvalue weighted by Gasteiger charge is -2.10. The number of rotatable bonds is 2. The standard InChI is InChI=1S/C15H11Cl2N5/c16-9-3-1-8(2-4-9)13-11-7-10(17)5-6-12(11)20-15(21-13)22-14(18)19/h1-7H,(H4,18,19,20,21,22). The lowest BCUT2D eigenvalue weighted by molar-refractivity contribution is 1.21. The highest BCUT2D eigenvalue weighted by atomic mass is 35.5. The molecule has 0 saturated carbocycles. The summed E-state index contributed by atoms with van der Waals surface area (Å²) in [7, 11) is 0. The summed E-state index contributed by atoms with van der Waals surface area (Å²) in [5.74, 6) is 0.0302. The molecule has 0 aliphatic carbocycles. The maximum atomic E-state index is 7.33. The zero-order chi connectivity index (χ0) is 15.7. The highest BCUT2D eigenvalue weighted by molar-refractivity contribution is 6.31. The molecule has 4 N–H and O–H groups in total. The number of halogens is 2. The van der Waals surface area contributed by atoms with E-state index in [0.717, 1.165) is 10.9 Å². The fraction of sp³-hybridized carbons (Fsp3) is 0. The van der Waals surface area contributed by atoms with Crippen molar-refractivity contribution >= 4 is 46.0 Å². The number of hydrogen-bond acceptors (Lipinski definition) is 3. The first-order chi connectivity index (χ1) is 10.5. The Labute approximate surface area is 136 Å². The summed E-state index contributed by atoms with van der Waals surface area (Å²) in [4.78, 5) is 8.77. The van der Waals surface area contributed by atoms with Crippen LogP contribution in [0.1, 0.15) is 0 Å². The monoisotopic (exact) mass is 331 g/mol. The Hall–Kier alpha value is -2.37. The van der Waals surface area contributed by atoms with Crippen LogP contribution in [0.2, 0.25) is 10.0 Å². The molecule has 0 bridgehead atoms. The van der Waals surface area contributed by atoms with E-state index in [2.05, 4.69) is 15.3 Å². The quantitative estimate of drug-likeness (QED) is 0.490.